The highest BCUT2D eigenvalue weighted by atomic mass is 32.2. The minimum absolute atomic E-state index is 0.0223. The molecular formula is C27H29N5OS. The van der Waals surface area contributed by atoms with Gasteiger partial charge in [0.05, 0.1) is 6.54 Å². The summed E-state index contributed by atoms with van der Waals surface area (Å²) < 4.78 is 2.12. The van der Waals surface area contributed by atoms with Crippen LogP contribution >= 0.6 is 11.8 Å². The van der Waals surface area contributed by atoms with Crippen molar-refractivity contribution in [3.63, 3.8) is 0 Å². The number of carbonyl (C=O) groups excluding carboxylic acids is 1. The summed E-state index contributed by atoms with van der Waals surface area (Å²) in [5, 5.41) is 15.2. The zero-order valence-electron chi connectivity index (χ0n) is 19.4. The van der Waals surface area contributed by atoms with Gasteiger partial charge in [-0.2, -0.15) is 0 Å². The van der Waals surface area contributed by atoms with Crippen LogP contribution in [0.5, 0.6) is 0 Å². The lowest BCUT2D eigenvalue weighted by Crippen LogP contribution is -2.40. The lowest BCUT2D eigenvalue weighted by molar-refractivity contribution is -0.117. The van der Waals surface area contributed by atoms with E-state index in [1.54, 1.807) is 11.8 Å². The van der Waals surface area contributed by atoms with Gasteiger partial charge in [0.1, 0.15) is 5.82 Å². The first-order valence-corrected chi connectivity index (χ1v) is 12.7. The van der Waals surface area contributed by atoms with Crippen LogP contribution in [0.15, 0.2) is 78.0 Å². The van der Waals surface area contributed by atoms with E-state index >= 15 is 0 Å². The number of fused-ring (bicyclic) bond motifs is 1. The minimum atomic E-state index is 0.0223. The van der Waals surface area contributed by atoms with Gasteiger partial charge < -0.3 is 9.88 Å². The molecule has 6 nitrogen and oxygen atoms in total. The first kappa shape index (κ1) is 22.6. The molecule has 1 saturated heterocycles. The zero-order valence-corrected chi connectivity index (χ0v) is 20.2. The molecular weight excluding hydrogens is 442 g/mol. The van der Waals surface area contributed by atoms with E-state index in [1.165, 1.54) is 5.56 Å². The summed E-state index contributed by atoms with van der Waals surface area (Å²) in [6.07, 6.45) is 2.11. The van der Waals surface area contributed by atoms with Gasteiger partial charge >= 0.3 is 0 Å². The molecule has 4 aromatic rings. The van der Waals surface area contributed by atoms with Gasteiger partial charge in [-0.15, -0.1) is 10.2 Å². The molecule has 3 aromatic carbocycles. The Labute approximate surface area is 204 Å². The quantitative estimate of drug-likeness (QED) is 0.381. The van der Waals surface area contributed by atoms with Crippen molar-refractivity contribution in [2.45, 2.75) is 29.7 Å². The maximum atomic E-state index is 12.9. The van der Waals surface area contributed by atoms with Gasteiger partial charge in [0.25, 0.3) is 0 Å². The second kappa shape index (κ2) is 10.4. The van der Waals surface area contributed by atoms with Gasteiger partial charge in [0, 0.05) is 36.3 Å². The molecule has 1 aromatic heterocycles. The van der Waals surface area contributed by atoms with E-state index < -0.39 is 0 Å². The third-order valence-electron chi connectivity index (χ3n) is 6.38. The normalized spacial score (nSPS) is 16.6. The molecule has 1 fully saturated rings. The molecule has 0 saturated carbocycles. The van der Waals surface area contributed by atoms with Crippen LogP contribution in [0.25, 0.3) is 10.8 Å². The molecule has 1 atom stereocenters. The van der Waals surface area contributed by atoms with Crippen molar-refractivity contribution in [3.8, 4) is 0 Å². The van der Waals surface area contributed by atoms with E-state index in [4.69, 9.17) is 0 Å². The van der Waals surface area contributed by atoms with Gasteiger partial charge in [0.15, 0.2) is 5.16 Å². The first-order chi connectivity index (χ1) is 16.7. The smallest absolute Gasteiger partial charge is 0.238 e. The molecule has 1 aliphatic heterocycles. The van der Waals surface area contributed by atoms with E-state index in [9.17, 15) is 4.79 Å². The number of nitrogens with one attached hydrogen (secondary N) is 1. The van der Waals surface area contributed by atoms with Gasteiger partial charge in [-0.05, 0) is 36.4 Å². The van der Waals surface area contributed by atoms with E-state index in [0.29, 0.717) is 6.54 Å². The molecule has 2 heterocycles. The maximum absolute atomic E-state index is 12.9. The fraction of sp³-hybridized carbons (Fsp3) is 0.296. The van der Waals surface area contributed by atoms with Crippen molar-refractivity contribution in [1.29, 1.82) is 0 Å². The number of benzene rings is 3. The van der Waals surface area contributed by atoms with Gasteiger partial charge in [-0.25, -0.2) is 0 Å². The van der Waals surface area contributed by atoms with Crippen LogP contribution in [0.2, 0.25) is 0 Å². The number of likely N-dealkylation sites (tertiary alicyclic amines) is 1. The Hall–Kier alpha value is -3.16. The van der Waals surface area contributed by atoms with Crippen LogP contribution in [0.4, 0.5) is 5.69 Å². The van der Waals surface area contributed by atoms with Gasteiger partial charge in [-0.3, -0.25) is 9.69 Å². The van der Waals surface area contributed by atoms with Crippen molar-refractivity contribution in [1.82, 2.24) is 19.7 Å². The first-order valence-electron chi connectivity index (χ1n) is 11.7. The molecule has 0 spiro atoms. The summed E-state index contributed by atoms with van der Waals surface area (Å²) in [6.45, 7) is 2.12. The van der Waals surface area contributed by atoms with Crippen LogP contribution in [0.3, 0.4) is 0 Å². The number of thioether (sulfide) groups is 1. The Morgan fingerprint density at radius 3 is 2.71 bits per heavy atom. The fourth-order valence-corrected chi connectivity index (χ4v) is 5.54. The number of nitrogens with zero attached hydrogens (tertiary/aromatic N) is 4. The number of hydrogen-bond donors (Lipinski definition) is 1. The van der Waals surface area contributed by atoms with Crippen LogP contribution in [0.1, 0.15) is 30.1 Å². The van der Waals surface area contributed by atoms with Crippen molar-refractivity contribution >= 4 is 34.1 Å². The Bertz CT molecular complexity index is 1270. The lowest BCUT2D eigenvalue weighted by atomic mass is 9.97. The molecule has 0 radical (unpaired) electrons. The number of rotatable bonds is 7. The predicted molar refractivity (Wildman–Crippen MR) is 138 cm³/mol. The standard InChI is InChI=1S/C27H29N5OS/c1-31-26(29-30-27(31)34-19-20-9-3-2-4-10-20)22-13-8-16-32(17-22)18-25(33)28-24-15-7-12-21-11-5-6-14-23(21)24/h2-7,9-12,14-15,22H,8,13,16-19H2,1H3,(H,28,33). The summed E-state index contributed by atoms with van der Waals surface area (Å²) in [6, 6.07) is 24.6. The molecule has 34 heavy (non-hydrogen) atoms. The summed E-state index contributed by atoms with van der Waals surface area (Å²) in [5.41, 5.74) is 2.14. The average molecular weight is 472 g/mol. The van der Waals surface area contributed by atoms with Crippen molar-refractivity contribution in [3.05, 3.63) is 84.2 Å². The Balaban J connectivity index is 1.20. The van der Waals surface area contributed by atoms with E-state index in [1.807, 2.05) is 36.4 Å². The Morgan fingerprint density at radius 2 is 1.82 bits per heavy atom. The highest BCUT2D eigenvalue weighted by molar-refractivity contribution is 7.98. The summed E-state index contributed by atoms with van der Waals surface area (Å²) in [5.74, 6) is 2.18. The number of carbonyl (C=O) groups is 1. The lowest BCUT2D eigenvalue weighted by Gasteiger charge is -2.31. The fourth-order valence-electron chi connectivity index (χ4n) is 4.67. The predicted octanol–water partition coefficient (Wildman–Crippen LogP) is 5.08. The number of piperidine rings is 1. The Morgan fingerprint density at radius 1 is 1.03 bits per heavy atom. The topological polar surface area (TPSA) is 63.1 Å². The number of hydrogen-bond acceptors (Lipinski definition) is 5. The van der Waals surface area contributed by atoms with Crippen molar-refractivity contribution < 1.29 is 4.79 Å². The number of anilines is 1. The van der Waals surface area contributed by atoms with E-state index in [0.717, 1.165) is 59.1 Å². The van der Waals surface area contributed by atoms with Crippen molar-refractivity contribution in [2.24, 2.45) is 7.05 Å². The molecule has 0 aliphatic carbocycles. The monoisotopic (exact) mass is 471 g/mol. The largest absolute Gasteiger partial charge is 0.324 e. The van der Waals surface area contributed by atoms with E-state index in [-0.39, 0.29) is 11.8 Å². The van der Waals surface area contributed by atoms with Crippen LogP contribution < -0.4 is 5.32 Å². The second-order valence-electron chi connectivity index (χ2n) is 8.82. The summed E-state index contributed by atoms with van der Waals surface area (Å²) >= 11 is 1.71. The molecule has 5 rings (SSSR count). The second-order valence-corrected chi connectivity index (χ2v) is 9.77. The van der Waals surface area contributed by atoms with E-state index in [2.05, 4.69) is 68.4 Å². The number of aromatic nitrogens is 3. The maximum Gasteiger partial charge on any atom is 0.238 e. The van der Waals surface area contributed by atoms with Crippen LogP contribution in [0, 0.1) is 0 Å². The van der Waals surface area contributed by atoms with Gasteiger partial charge in [-0.1, -0.05) is 78.5 Å². The van der Waals surface area contributed by atoms with Gasteiger partial charge in [0.2, 0.25) is 5.91 Å². The SMILES string of the molecule is Cn1c(SCc2ccccc2)nnc1C1CCCN(CC(=O)Nc2cccc3ccccc23)C1. The Kier molecular flexibility index (Phi) is 6.92. The molecule has 1 amide bonds. The molecule has 7 heteroatoms. The molecule has 1 unspecified atom stereocenters. The van der Waals surface area contributed by atoms with Crippen LogP contribution in [-0.4, -0.2) is 45.2 Å². The third kappa shape index (κ3) is 5.16. The van der Waals surface area contributed by atoms with Crippen molar-refractivity contribution in [2.75, 3.05) is 25.0 Å². The molecule has 0 bridgehead atoms. The zero-order chi connectivity index (χ0) is 23.3. The molecule has 1 aliphatic rings. The number of amides is 1. The summed E-state index contributed by atoms with van der Waals surface area (Å²) in [7, 11) is 2.05. The average Bonchev–Trinajstić information content (AvgIpc) is 3.24. The van der Waals surface area contributed by atoms with Crippen LogP contribution in [-0.2, 0) is 17.6 Å². The minimum Gasteiger partial charge on any atom is -0.324 e. The summed E-state index contributed by atoms with van der Waals surface area (Å²) in [4.78, 5) is 15.1. The molecule has 1 N–H and O–H groups in total. The molecule has 174 valence electrons. The highest BCUT2D eigenvalue weighted by Crippen LogP contribution is 2.29. The highest BCUT2D eigenvalue weighted by Gasteiger charge is 2.27. The third-order valence-corrected chi connectivity index (χ3v) is 7.47.